The van der Waals surface area contributed by atoms with Gasteiger partial charge in [-0.05, 0) is 61.2 Å². The average Bonchev–Trinajstić information content (AvgIpc) is 3.38. The third-order valence-corrected chi connectivity index (χ3v) is 7.57. The van der Waals surface area contributed by atoms with E-state index in [-0.39, 0.29) is 23.5 Å². The Morgan fingerprint density at radius 1 is 1.19 bits per heavy atom. The number of likely N-dealkylation sites (tertiary alicyclic amines) is 1. The summed E-state index contributed by atoms with van der Waals surface area (Å²) in [4.78, 5) is 14.9. The number of fused-ring (bicyclic) bond motifs is 3. The molecule has 2 aliphatic heterocycles. The van der Waals surface area contributed by atoms with Crippen molar-refractivity contribution in [2.75, 3.05) is 26.3 Å². The second-order valence-corrected chi connectivity index (χ2v) is 9.33. The summed E-state index contributed by atoms with van der Waals surface area (Å²) in [6.07, 6.45) is 3.58. The molecule has 1 spiro atoms. The van der Waals surface area contributed by atoms with Crippen LogP contribution in [0.2, 0.25) is 0 Å². The number of hydrogen-bond acceptors (Lipinski definition) is 4. The molecule has 0 bridgehead atoms. The lowest BCUT2D eigenvalue weighted by Gasteiger charge is -2.44. The molecule has 0 saturated carbocycles. The highest BCUT2D eigenvalue weighted by molar-refractivity contribution is 5.76. The Bertz CT molecular complexity index is 981. The molecule has 32 heavy (non-hydrogen) atoms. The molecule has 0 radical (unpaired) electrons. The molecule has 5 nitrogen and oxygen atoms in total. The van der Waals surface area contributed by atoms with E-state index in [9.17, 15) is 4.79 Å². The molecule has 1 aliphatic carbocycles. The molecular formula is C27H34N2O3. The largest absolute Gasteiger partial charge is 0.493 e. The van der Waals surface area contributed by atoms with E-state index in [1.165, 1.54) is 22.3 Å². The molecule has 2 aromatic carbocycles. The Labute approximate surface area is 191 Å². The number of nitrogens with zero attached hydrogens (tertiary/aromatic N) is 1. The van der Waals surface area contributed by atoms with E-state index >= 15 is 0 Å². The molecule has 1 amide bonds. The normalized spacial score (nSPS) is 23.6. The number of ether oxygens (including phenoxy) is 2. The smallest absolute Gasteiger partial charge is 0.220 e. The molecule has 170 valence electrons. The van der Waals surface area contributed by atoms with Crippen molar-refractivity contribution in [1.82, 2.24) is 10.2 Å². The van der Waals surface area contributed by atoms with E-state index in [0.29, 0.717) is 13.0 Å². The van der Waals surface area contributed by atoms with E-state index in [2.05, 4.69) is 59.6 Å². The molecule has 2 aromatic rings. The lowest BCUT2D eigenvalue weighted by Crippen LogP contribution is -2.50. The van der Waals surface area contributed by atoms with E-state index in [1.807, 2.05) is 6.92 Å². The van der Waals surface area contributed by atoms with Crippen LogP contribution in [0.1, 0.15) is 61.4 Å². The van der Waals surface area contributed by atoms with Crippen LogP contribution < -0.4 is 10.1 Å². The first kappa shape index (κ1) is 21.5. The van der Waals surface area contributed by atoms with E-state index < -0.39 is 0 Å². The van der Waals surface area contributed by atoms with Crippen LogP contribution >= 0.6 is 0 Å². The Morgan fingerprint density at radius 3 is 2.78 bits per heavy atom. The summed E-state index contributed by atoms with van der Waals surface area (Å²) in [6, 6.07) is 15.2. The van der Waals surface area contributed by atoms with Crippen LogP contribution in [-0.4, -0.2) is 43.2 Å². The molecule has 1 fully saturated rings. The summed E-state index contributed by atoms with van der Waals surface area (Å²) in [5.74, 6) is 1.14. The molecule has 0 aromatic heterocycles. The minimum Gasteiger partial charge on any atom is -0.493 e. The number of nitrogens with one attached hydrogen (secondary N) is 1. The second-order valence-electron chi connectivity index (χ2n) is 9.33. The maximum absolute atomic E-state index is 12.4. The number of carbonyl (C=O) groups excluding carboxylic acids is 1. The van der Waals surface area contributed by atoms with E-state index in [4.69, 9.17) is 9.47 Å². The van der Waals surface area contributed by atoms with Gasteiger partial charge in [0.1, 0.15) is 5.75 Å². The van der Waals surface area contributed by atoms with Crippen molar-refractivity contribution in [3.05, 3.63) is 64.7 Å². The monoisotopic (exact) mass is 434 g/mol. The number of piperidine rings is 1. The number of amides is 1. The van der Waals surface area contributed by atoms with Gasteiger partial charge in [0.15, 0.2) is 0 Å². The number of benzene rings is 2. The van der Waals surface area contributed by atoms with Gasteiger partial charge in [-0.3, -0.25) is 9.69 Å². The maximum atomic E-state index is 12.4. The first-order valence-corrected chi connectivity index (χ1v) is 12.1. The first-order chi connectivity index (χ1) is 15.6. The zero-order valence-corrected chi connectivity index (χ0v) is 19.2. The van der Waals surface area contributed by atoms with E-state index in [1.54, 1.807) is 0 Å². The van der Waals surface area contributed by atoms with E-state index in [0.717, 1.165) is 51.3 Å². The van der Waals surface area contributed by atoms with Crippen LogP contribution in [0, 0.1) is 0 Å². The van der Waals surface area contributed by atoms with Crippen molar-refractivity contribution in [2.45, 2.75) is 63.6 Å². The van der Waals surface area contributed by atoms with Crippen molar-refractivity contribution in [3.63, 3.8) is 0 Å². The maximum Gasteiger partial charge on any atom is 0.220 e. The highest BCUT2D eigenvalue weighted by atomic mass is 16.5. The molecule has 5 rings (SSSR count). The minimum atomic E-state index is -0.0677. The SMILES string of the molecule is CCO[C@H]1[C@H](NC(=O)CC)c2ccccc2C12CCN(Cc1ccc3c(c1)CCO3)CC2. The number of hydrogen-bond donors (Lipinski definition) is 1. The Balaban J connectivity index is 1.36. The molecule has 2 heterocycles. The zero-order valence-electron chi connectivity index (χ0n) is 19.2. The highest BCUT2D eigenvalue weighted by Crippen LogP contribution is 2.52. The van der Waals surface area contributed by atoms with Crippen LogP contribution in [0.4, 0.5) is 0 Å². The highest BCUT2D eigenvalue weighted by Gasteiger charge is 2.54. The van der Waals surface area contributed by atoms with Gasteiger partial charge in [-0.15, -0.1) is 0 Å². The number of carbonyl (C=O) groups is 1. The fourth-order valence-electron chi connectivity index (χ4n) is 5.98. The van der Waals surface area contributed by atoms with Crippen LogP contribution in [0.15, 0.2) is 42.5 Å². The van der Waals surface area contributed by atoms with Gasteiger partial charge in [-0.1, -0.05) is 43.3 Å². The van der Waals surface area contributed by atoms with Gasteiger partial charge in [0.25, 0.3) is 0 Å². The van der Waals surface area contributed by atoms with Gasteiger partial charge in [0.2, 0.25) is 5.91 Å². The first-order valence-electron chi connectivity index (χ1n) is 12.1. The molecule has 3 aliphatic rings. The lowest BCUT2D eigenvalue weighted by molar-refractivity contribution is -0.123. The third kappa shape index (κ3) is 3.71. The summed E-state index contributed by atoms with van der Waals surface area (Å²) in [7, 11) is 0. The van der Waals surface area contributed by atoms with Crippen molar-refractivity contribution >= 4 is 5.91 Å². The van der Waals surface area contributed by atoms with Gasteiger partial charge in [0, 0.05) is 31.4 Å². The average molecular weight is 435 g/mol. The van der Waals surface area contributed by atoms with Crippen molar-refractivity contribution in [3.8, 4) is 5.75 Å². The van der Waals surface area contributed by atoms with Gasteiger partial charge < -0.3 is 14.8 Å². The molecular weight excluding hydrogens is 400 g/mol. The predicted octanol–water partition coefficient (Wildman–Crippen LogP) is 4.14. The van der Waals surface area contributed by atoms with Gasteiger partial charge in [-0.2, -0.15) is 0 Å². The summed E-state index contributed by atoms with van der Waals surface area (Å²) < 4.78 is 12.1. The van der Waals surface area contributed by atoms with Crippen LogP contribution in [0.25, 0.3) is 0 Å². The summed E-state index contributed by atoms with van der Waals surface area (Å²) in [6.45, 7) is 8.45. The topological polar surface area (TPSA) is 50.8 Å². The minimum absolute atomic E-state index is 0.0142. The predicted molar refractivity (Wildman–Crippen MR) is 125 cm³/mol. The summed E-state index contributed by atoms with van der Waals surface area (Å²) in [5.41, 5.74) is 5.27. The zero-order chi connectivity index (χ0) is 22.1. The third-order valence-electron chi connectivity index (χ3n) is 7.57. The van der Waals surface area contributed by atoms with Crippen LogP contribution in [-0.2, 0) is 27.9 Å². The van der Waals surface area contributed by atoms with Gasteiger partial charge >= 0.3 is 0 Å². The van der Waals surface area contributed by atoms with Gasteiger partial charge in [-0.25, -0.2) is 0 Å². The van der Waals surface area contributed by atoms with Gasteiger partial charge in [0.05, 0.1) is 18.8 Å². The van der Waals surface area contributed by atoms with Crippen molar-refractivity contribution in [1.29, 1.82) is 0 Å². The van der Waals surface area contributed by atoms with Crippen LogP contribution in [0.5, 0.6) is 5.75 Å². The van der Waals surface area contributed by atoms with Crippen molar-refractivity contribution < 1.29 is 14.3 Å². The Kier molecular flexibility index (Phi) is 5.95. The second kappa shape index (κ2) is 8.87. The summed E-state index contributed by atoms with van der Waals surface area (Å²) >= 11 is 0. The molecule has 0 unspecified atom stereocenters. The fraction of sp³-hybridized carbons (Fsp3) is 0.519. The Hall–Kier alpha value is -2.37. The molecule has 2 atom stereocenters. The molecule has 1 N–H and O–H groups in total. The lowest BCUT2D eigenvalue weighted by atomic mass is 9.71. The quantitative estimate of drug-likeness (QED) is 0.742. The number of rotatable bonds is 6. The standard InChI is InChI=1S/C27H34N2O3/c1-3-24(30)28-25-21-7-5-6-8-22(21)27(26(25)31-4-2)12-14-29(15-13-27)18-19-9-10-23-20(17-19)11-16-32-23/h5-10,17,25-26H,3-4,11-16,18H2,1-2H3,(H,28,30)/t25-,26+/m1/s1. The summed E-state index contributed by atoms with van der Waals surface area (Å²) in [5, 5.41) is 3.28. The fourth-order valence-corrected chi connectivity index (χ4v) is 5.98. The molecule has 5 heteroatoms. The van der Waals surface area contributed by atoms with Crippen LogP contribution in [0.3, 0.4) is 0 Å². The Morgan fingerprint density at radius 2 is 2.00 bits per heavy atom. The molecule has 1 saturated heterocycles. The van der Waals surface area contributed by atoms with Crippen molar-refractivity contribution in [2.24, 2.45) is 0 Å².